The number of aliphatic hydroxyl groups is 1. The van der Waals surface area contributed by atoms with Crippen molar-refractivity contribution in [1.29, 1.82) is 0 Å². The number of methoxy groups -OCH3 is 1. The Bertz CT molecular complexity index is 582. The summed E-state index contributed by atoms with van der Waals surface area (Å²) in [5.74, 6) is 1.28. The van der Waals surface area contributed by atoms with Gasteiger partial charge in [0, 0.05) is 22.2 Å². The molecule has 0 aromatic heterocycles. The normalized spacial score (nSPS) is 12.0. The zero-order valence-electron chi connectivity index (χ0n) is 11.5. The van der Waals surface area contributed by atoms with E-state index < -0.39 is 6.10 Å². The van der Waals surface area contributed by atoms with Gasteiger partial charge in [-0.2, -0.15) is 0 Å². The minimum Gasteiger partial charge on any atom is -0.497 e. The molecule has 0 radical (unpaired) electrons. The second kappa shape index (κ2) is 6.64. The molecule has 106 valence electrons. The van der Waals surface area contributed by atoms with E-state index in [-0.39, 0.29) is 0 Å². The lowest BCUT2D eigenvalue weighted by atomic mass is 10.1. The first kappa shape index (κ1) is 14.7. The van der Waals surface area contributed by atoms with Crippen LogP contribution in [0.4, 0.5) is 0 Å². The molecule has 0 saturated carbocycles. The largest absolute Gasteiger partial charge is 0.497 e. The van der Waals surface area contributed by atoms with Gasteiger partial charge in [0.1, 0.15) is 18.1 Å². The molecule has 2 aromatic carbocycles. The summed E-state index contributed by atoms with van der Waals surface area (Å²) in [4.78, 5) is 0. The minimum absolute atomic E-state index is 0.340. The molecule has 0 bridgehead atoms. The molecular weight excluding hydrogens is 276 g/mol. The van der Waals surface area contributed by atoms with Crippen molar-refractivity contribution in [3.05, 3.63) is 58.6 Å². The molecule has 0 fully saturated rings. The van der Waals surface area contributed by atoms with Gasteiger partial charge in [0.2, 0.25) is 0 Å². The van der Waals surface area contributed by atoms with Crippen LogP contribution in [0.2, 0.25) is 5.02 Å². The molecule has 2 aromatic rings. The van der Waals surface area contributed by atoms with E-state index in [2.05, 4.69) is 0 Å². The van der Waals surface area contributed by atoms with E-state index in [1.165, 1.54) is 0 Å². The fourth-order valence-electron chi connectivity index (χ4n) is 1.88. The molecule has 3 nitrogen and oxygen atoms in total. The van der Waals surface area contributed by atoms with Crippen molar-refractivity contribution in [1.82, 2.24) is 0 Å². The molecule has 4 heteroatoms. The van der Waals surface area contributed by atoms with Crippen LogP contribution in [0.5, 0.6) is 11.5 Å². The standard InChI is InChI=1S/C16H17ClO3/c1-11(18)14-8-7-13(19-2)9-16(14)20-10-12-5-3-4-6-15(12)17/h3-9,11,18H,10H2,1-2H3/t11-/m1/s1. The topological polar surface area (TPSA) is 38.7 Å². The van der Waals surface area contributed by atoms with Crippen LogP contribution in [0.25, 0.3) is 0 Å². The van der Waals surface area contributed by atoms with Crippen LogP contribution in [0.15, 0.2) is 42.5 Å². The van der Waals surface area contributed by atoms with Crippen LogP contribution in [-0.2, 0) is 6.61 Å². The molecule has 0 unspecified atom stereocenters. The van der Waals surface area contributed by atoms with Crippen LogP contribution in [0.3, 0.4) is 0 Å². The lowest BCUT2D eigenvalue weighted by molar-refractivity contribution is 0.190. The van der Waals surface area contributed by atoms with Crippen molar-refractivity contribution >= 4 is 11.6 Å². The molecule has 0 spiro atoms. The van der Waals surface area contributed by atoms with Crippen LogP contribution in [-0.4, -0.2) is 12.2 Å². The quantitative estimate of drug-likeness (QED) is 0.906. The summed E-state index contributed by atoms with van der Waals surface area (Å²) in [7, 11) is 1.59. The van der Waals surface area contributed by atoms with Gasteiger partial charge in [0.15, 0.2) is 0 Å². The second-order valence-corrected chi connectivity index (χ2v) is 4.87. The predicted molar refractivity (Wildman–Crippen MR) is 79.4 cm³/mol. The molecule has 1 N–H and O–H groups in total. The van der Waals surface area contributed by atoms with Crippen LogP contribution in [0.1, 0.15) is 24.2 Å². The summed E-state index contributed by atoms with van der Waals surface area (Å²) in [6.07, 6.45) is -0.609. The van der Waals surface area contributed by atoms with Gasteiger partial charge in [-0.1, -0.05) is 29.8 Å². The summed E-state index contributed by atoms with van der Waals surface area (Å²) in [5.41, 5.74) is 1.62. The Hall–Kier alpha value is -1.71. The fraction of sp³-hybridized carbons (Fsp3) is 0.250. The number of hydrogen-bond donors (Lipinski definition) is 1. The van der Waals surface area contributed by atoms with Crippen molar-refractivity contribution in [2.24, 2.45) is 0 Å². The lowest BCUT2D eigenvalue weighted by Gasteiger charge is -2.15. The molecule has 0 heterocycles. The van der Waals surface area contributed by atoms with Gasteiger partial charge >= 0.3 is 0 Å². The first-order chi connectivity index (χ1) is 9.61. The average Bonchev–Trinajstić information content (AvgIpc) is 2.46. The number of aliphatic hydroxyl groups excluding tert-OH is 1. The van der Waals surface area contributed by atoms with Crippen LogP contribution >= 0.6 is 11.6 Å². The van der Waals surface area contributed by atoms with Crippen LogP contribution in [0, 0.1) is 0 Å². The Morgan fingerprint density at radius 3 is 2.60 bits per heavy atom. The monoisotopic (exact) mass is 292 g/mol. The molecule has 0 aliphatic carbocycles. The lowest BCUT2D eigenvalue weighted by Crippen LogP contribution is -2.02. The Labute approximate surface area is 123 Å². The maximum absolute atomic E-state index is 9.77. The van der Waals surface area contributed by atoms with Crippen molar-refractivity contribution in [2.45, 2.75) is 19.6 Å². The Morgan fingerprint density at radius 2 is 1.95 bits per heavy atom. The Kier molecular flexibility index (Phi) is 4.88. The first-order valence-electron chi connectivity index (χ1n) is 6.34. The van der Waals surface area contributed by atoms with E-state index in [0.29, 0.717) is 23.1 Å². The predicted octanol–water partition coefficient (Wildman–Crippen LogP) is 3.98. The van der Waals surface area contributed by atoms with Gasteiger partial charge in [-0.05, 0) is 25.1 Å². The summed E-state index contributed by atoms with van der Waals surface area (Å²) in [5, 5.41) is 10.4. The van der Waals surface area contributed by atoms with Gasteiger partial charge in [-0.25, -0.2) is 0 Å². The van der Waals surface area contributed by atoms with Gasteiger partial charge in [-0.3, -0.25) is 0 Å². The molecule has 0 aliphatic rings. The summed E-state index contributed by atoms with van der Waals surface area (Å²) < 4.78 is 11.0. The number of benzene rings is 2. The van der Waals surface area contributed by atoms with Crippen molar-refractivity contribution < 1.29 is 14.6 Å². The number of ether oxygens (including phenoxy) is 2. The van der Waals surface area contributed by atoms with Crippen LogP contribution < -0.4 is 9.47 Å². The molecular formula is C16H17ClO3. The number of rotatable bonds is 5. The van der Waals surface area contributed by atoms with E-state index in [0.717, 1.165) is 11.1 Å². The first-order valence-corrected chi connectivity index (χ1v) is 6.72. The van der Waals surface area contributed by atoms with E-state index in [1.807, 2.05) is 24.3 Å². The third-order valence-electron chi connectivity index (χ3n) is 3.01. The highest BCUT2D eigenvalue weighted by molar-refractivity contribution is 6.31. The second-order valence-electron chi connectivity index (χ2n) is 4.46. The Balaban J connectivity index is 2.21. The summed E-state index contributed by atoms with van der Waals surface area (Å²) >= 11 is 6.10. The van der Waals surface area contributed by atoms with E-state index >= 15 is 0 Å². The van der Waals surface area contributed by atoms with Gasteiger partial charge in [0.05, 0.1) is 13.2 Å². The van der Waals surface area contributed by atoms with Gasteiger partial charge in [0.25, 0.3) is 0 Å². The maximum atomic E-state index is 9.77. The Morgan fingerprint density at radius 1 is 1.20 bits per heavy atom. The number of halogens is 1. The fourth-order valence-corrected chi connectivity index (χ4v) is 2.07. The zero-order chi connectivity index (χ0) is 14.5. The average molecular weight is 293 g/mol. The van der Waals surface area contributed by atoms with Crippen molar-refractivity contribution in [3.8, 4) is 11.5 Å². The van der Waals surface area contributed by atoms with E-state index in [9.17, 15) is 5.11 Å². The van der Waals surface area contributed by atoms with E-state index in [1.54, 1.807) is 32.2 Å². The number of hydrogen-bond acceptors (Lipinski definition) is 3. The zero-order valence-corrected chi connectivity index (χ0v) is 12.2. The molecule has 1 atom stereocenters. The summed E-state index contributed by atoms with van der Waals surface area (Å²) in [6.45, 7) is 2.04. The highest BCUT2D eigenvalue weighted by Crippen LogP contribution is 2.30. The van der Waals surface area contributed by atoms with Gasteiger partial charge in [-0.15, -0.1) is 0 Å². The SMILES string of the molecule is COc1ccc([C@@H](C)O)c(OCc2ccccc2Cl)c1. The maximum Gasteiger partial charge on any atom is 0.129 e. The van der Waals surface area contributed by atoms with Crippen molar-refractivity contribution in [2.75, 3.05) is 7.11 Å². The van der Waals surface area contributed by atoms with Crippen molar-refractivity contribution in [3.63, 3.8) is 0 Å². The molecule has 0 saturated heterocycles. The third kappa shape index (κ3) is 3.44. The molecule has 0 aliphatic heterocycles. The molecule has 0 amide bonds. The smallest absolute Gasteiger partial charge is 0.129 e. The third-order valence-corrected chi connectivity index (χ3v) is 3.38. The summed E-state index contributed by atoms with van der Waals surface area (Å²) in [6, 6.07) is 12.9. The van der Waals surface area contributed by atoms with E-state index in [4.69, 9.17) is 21.1 Å². The molecule has 2 rings (SSSR count). The van der Waals surface area contributed by atoms with Gasteiger partial charge < -0.3 is 14.6 Å². The molecule has 20 heavy (non-hydrogen) atoms. The highest BCUT2D eigenvalue weighted by Gasteiger charge is 2.11. The minimum atomic E-state index is -0.609. The highest BCUT2D eigenvalue weighted by atomic mass is 35.5.